The number of ether oxygens (including phenoxy) is 3. The fraction of sp³-hybridized carbons (Fsp3) is 0.882. The highest BCUT2D eigenvalue weighted by molar-refractivity contribution is 5.74. The third-order valence-electron chi connectivity index (χ3n) is 3.14. The molecule has 7 nitrogen and oxygen atoms in total. The van der Waals surface area contributed by atoms with Crippen molar-refractivity contribution >= 4 is 11.9 Å². The first kappa shape index (κ1) is 25.1. The van der Waals surface area contributed by atoms with Crippen molar-refractivity contribution in [2.75, 3.05) is 19.8 Å². The van der Waals surface area contributed by atoms with E-state index in [1.807, 2.05) is 27.7 Å². The molecule has 0 saturated carbocycles. The number of carbonyl (C=O) groups excluding carboxylic acids is 2. The van der Waals surface area contributed by atoms with E-state index in [9.17, 15) is 14.7 Å². The molecule has 0 fully saturated rings. The van der Waals surface area contributed by atoms with Gasteiger partial charge in [-0.05, 0) is 26.7 Å². The van der Waals surface area contributed by atoms with Crippen LogP contribution >= 0.6 is 0 Å². The quantitative estimate of drug-likeness (QED) is 0.434. The fourth-order valence-corrected chi connectivity index (χ4v) is 1.71. The molecule has 0 rings (SSSR count). The summed E-state index contributed by atoms with van der Waals surface area (Å²) in [6.07, 6.45) is 0.388. The van der Waals surface area contributed by atoms with Crippen molar-refractivity contribution in [1.82, 2.24) is 0 Å². The molecule has 0 aromatic heterocycles. The first-order valence-electron chi connectivity index (χ1n) is 8.68. The second-order valence-corrected chi connectivity index (χ2v) is 5.06. The molecular weight excluding hydrogens is 316 g/mol. The average molecular weight is 350 g/mol. The maximum absolute atomic E-state index is 11.8. The van der Waals surface area contributed by atoms with E-state index < -0.39 is 30.8 Å². The number of hydrogen-bond donors (Lipinski definition) is 2. The predicted molar refractivity (Wildman–Crippen MR) is 90.2 cm³/mol. The standard InChI is InChI=1S/C13H24O6.C4H10O/c1-4-7-9(5-2)18-12(16)10(8-14)13(17)19-11(15)6-3;1-3-5-4-2/h9-10,13-14,17H,4-8H2,1-3H3;3-4H2,1-2H3. The van der Waals surface area contributed by atoms with Crippen molar-refractivity contribution in [1.29, 1.82) is 0 Å². The molecule has 0 spiro atoms. The van der Waals surface area contributed by atoms with Gasteiger partial charge in [0.1, 0.15) is 12.0 Å². The number of rotatable bonds is 11. The first-order valence-corrected chi connectivity index (χ1v) is 8.68. The molecule has 0 aromatic rings. The van der Waals surface area contributed by atoms with Gasteiger partial charge in [-0.25, -0.2) is 0 Å². The van der Waals surface area contributed by atoms with E-state index in [-0.39, 0.29) is 12.5 Å². The summed E-state index contributed by atoms with van der Waals surface area (Å²) in [4.78, 5) is 22.8. The molecule has 0 heterocycles. The van der Waals surface area contributed by atoms with Crippen LogP contribution in [0.15, 0.2) is 0 Å². The Morgan fingerprint density at radius 3 is 1.92 bits per heavy atom. The van der Waals surface area contributed by atoms with Crippen LogP contribution in [0.4, 0.5) is 0 Å². The molecule has 0 aromatic carbocycles. The van der Waals surface area contributed by atoms with Crippen LogP contribution in [0, 0.1) is 5.92 Å². The second kappa shape index (κ2) is 16.7. The van der Waals surface area contributed by atoms with Gasteiger partial charge in [0.05, 0.1) is 6.61 Å². The van der Waals surface area contributed by atoms with Crippen molar-refractivity contribution in [3.8, 4) is 0 Å². The van der Waals surface area contributed by atoms with Gasteiger partial charge in [-0.2, -0.15) is 0 Å². The minimum absolute atomic E-state index is 0.0810. The van der Waals surface area contributed by atoms with Crippen LogP contribution < -0.4 is 0 Å². The lowest BCUT2D eigenvalue weighted by Crippen LogP contribution is -2.37. The van der Waals surface area contributed by atoms with Crippen molar-refractivity contribution in [3.05, 3.63) is 0 Å². The van der Waals surface area contributed by atoms with E-state index in [0.29, 0.717) is 12.8 Å². The smallest absolute Gasteiger partial charge is 0.317 e. The lowest BCUT2D eigenvalue weighted by atomic mass is 10.1. The average Bonchev–Trinajstić information content (AvgIpc) is 2.56. The van der Waals surface area contributed by atoms with E-state index in [0.717, 1.165) is 19.6 Å². The minimum Gasteiger partial charge on any atom is -0.462 e. The highest BCUT2D eigenvalue weighted by atomic mass is 16.6. The molecule has 2 N–H and O–H groups in total. The maximum atomic E-state index is 11.8. The number of carbonyl (C=O) groups is 2. The largest absolute Gasteiger partial charge is 0.462 e. The Balaban J connectivity index is 0. The van der Waals surface area contributed by atoms with Crippen LogP contribution in [-0.4, -0.2) is 54.4 Å². The Morgan fingerprint density at radius 2 is 1.58 bits per heavy atom. The summed E-state index contributed by atoms with van der Waals surface area (Å²) in [5, 5.41) is 18.7. The van der Waals surface area contributed by atoms with Crippen molar-refractivity contribution < 1.29 is 34.0 Å². The van der Waals surface area contributed by atoms with Gasteiger partial charge in [0, 0.05) is 19.6 Å². The van der Waals surface area contributed by atoms with Crippen LogP contribution in [0.2, 0.25) is 0 Å². The molecule has 0 amide bonds. The Bertz CT molecular complexity index is 318. The van der Waals surface area contributed by atoms with Gasteiger partial charge < -0.3 is 24.4 Å². The number of aliphatic hydroxyl groups excluding tert-OH is 2. The van der Waals surface area contributed by atoms with Gasteiger partial charge in [0.2, 0.25) is 6.29 Å². The summed E-state index contributed by atoms with van der Waals surface area (Å²) in [6.45, 7) is 10.4. The highest BCUT2D eigenvalue weighted by Gasteiger charge is 2.31. The molecule has 3 unspecified atom stereocenters. The van der Waals surface area contributed by atoms with E-state index in [4.69, 9.17) is 14.6 Å². The molecule has 7 heteroatoms. The van der Waals surface area contributed by atoms with Gasteiger partial charge in [-0.15, -0.1) is 0 Å². The summed E-state index contributed by atoms with van der Waals surface area (Å²) in [7, 11) is 0. The molecule has 0 aliphatic rings. The Kier molecular flexibility index (Phi) is 17.4. The number of aliphatic hydroxyl groups is 2. The summed E-state index contributed by atoms with van der Waals surface area (Å²) < 4.78 is 14.6. The van der Waals surface area contributed by atoms with Crippen LogP contribution in [-0.2, 0) is 23.8 Å². The van der Waals surface area contributed by atoms with Gasteiger partial charge in [0.15, 0.2) is 0 Å². The molecule has 24 heavy (non-hydrogen) atoms. The van der Waals surface area contributed by atoms with E-state index in [1.165, 1.54) is 0 Å². The predicted octanol–water partition coefficient (Wildman–Crippen LogP) is 2.03. The van der Waals surface area contributed by atoms with E-state index in [2.05, 4.69) is 4.74 Å². The highest BCUT2D eigenvalue weighted by Crippen LogP contribution is 2.14. The Morgan fingerprint density at radius 1 is 1.00 bits per heavy atom. The molecule has 0 bridgehead atoms. The maximum Gasteiger partial charge on any atom is 0.317 e. The fourth-order valence-electron chi connectivity index (χ4n) is 1.71. The lowest BCUT2D eigenvalue weighted by Gasteiger charge is -2.22. The summed E-state index contributed by atoms with van der Waals surface area (Å²) >= 11 is 0. The normalized spacial score (nSPS) is 14.0. The van der Waals surface area contributed by atoms with Crippen LogP contribution in [0.25, 0.3) is 0 Å². The van der Waals surface area contributed by atoms with Gasteiger partial charge in [-0.1, -0.05) is 27.2 Å². The van der Waals surface area contributed by atoms with E-state index in [1.54, 1.807) is 6.92 Å². The molecule has 0 saturated heterocycles. The van der Waals surface area contributed by atoms with Gasteiger partial charge in [0.25, 0.3) is 0 Å². The summed E-state index contributed by atoms with van der Waals surface area (Å²) in [6, 6.07) is 0. The SMILES string of the molecule is CCCC(CC)OC(=O)C(CO)C(O)OC(=O)CC.CCOCC. The molecule has 3 atom stereocenters. The molecule has 0 radical (unpaired) electrons. The monoisotopic (exact) mass is 350 g/mol. The molecular formula is C17H34O7. The lowest BCUT2D eigenvalue weighted by molar-refractivity contribution is -0.191. The van der Waals surface area contributed by atoms with Crippen LogP contribution in [0.5, 0.6) is 0 Å². The molecule has 0 aliphatic heterocycles. The molecule has 144 valence electrons. The first-order chi connectivity index (χ1) is 11.4. The van der Waals surface area contributed by atoms with Crippen molar-refractivity contribution in [2.24, 2.45) is 5.92 Å². The second-order valence-electron chi connectivity index (χ2n) is 5.06. The zero-order valence-corrected chi connectivity index (χ0v) is 15.6. The Labute approximate surface area is 145 Å². The summed E-state index contributed by atoms with van der Waals surface area (Å²) in [5.74, 6) is -2.65. The van der Waals surface area contributed by atoms with E-state index >= 15 is 0 Å². The topological polar surface area (TPSA) is 102 Å². The number of hydrogen-bond acceptors (Lipinski definition) is 7. The Hall–Kier alpha value is -1.18. The zero-order valence-electron chi connectivity index (χ0n) is 15.6. The third kappa shape index (κ3) is 12.3. The molecule has 0 aliphatic carbocycles. The van der Waals surface area contributed by atoms with Crippen LogP contribution in [0.1, 0.15) is 60.3 Å². The minimum atomic E-state index is -1.68. The summed E-state index contributed by atoms with van der Waals surface area (Å²) in [5.41, 5.74) is 0. The van der Waals surface area contributed by atoms with Crippen molar-refractivity contribution in [3.63, 3.8) is 0 Å². The van der Waals surface area contributed by atoms with Crippen molar-refractivity contribution in [2.45, 2.75) is 72.7 Å². The van der Waals surface area contributed by atoms with Crippen LogP contribution in [0.3, 0.4) is 0 Å². The van der Waals surface area contributed by atoms with Gasteiger partial charge >= 0.3 is 11.9 Å². The third-order valence-corrected chi connectivity index (χ3v) is 3.14. The number of esters is 2. The van der Waals surface area contributed by atoms with Gasteiger partial charge in [-0.3, -0.25) is 9.59 Å². The zero-order chi connectivity index (χ0) is 19.0.